The number of hydrogen-bond acceptors (Lipinski definition) is 4. The van der Waals surface area contributed by atoms with Crippen LogP contribution in [0, 0.1) is 0 Å². The number of pyridine rings is 1. The molecule has 4 aromatic rings. The van der Waals surface area contributed by atoms with Crippen molar-refractivity contribution in [3.05, 3.63) is 60.2 Å². The van der Waals surface area contributed by atoms with E-state index in [-0.39, 0.29) is 5.91 Å². The van der Waals surface area contributed by atoms with Gasteiger partial charge in [0.1, 0.15) is 5.69 Å². The fourth-order valence-corrected chi connectivity index (χ4v) is 3.35. The number of fused-ring (bicyclic) bond motifs is 1. The van der Waals surface area contributed by atoms with Gasteiger partial charge in [0.2, 0.25) is 0 Å². The van der Waals surface area contributed by atoms with E-state index in [1.807, 2.05) is 31.4 Å². The van der Waals surface area contributed by atoms with E-state index in [0.29, 0.717) is 17.3 Å². The number of nitrogens with zero attached hydrogens (tertiary/aromatic N) is 4. The summed E-state index contributed by atoms with van der Waals surface area (Å²) in [5.74, 6) is 0.280. The number of nitrogens with one attached hydrogen (secondary N) is 2. The molecule has 27 heavy (non-hydrogen) atoms. The van der Waals surface area contributed by atoms with Gasteiger partial charge in [-0.3, -0.25) is 14.6 Å². The number of amides is 1. The lowest BCUT2D eigenvalue weighted by molar-refractivity contribution is 0.102. The molecule has 1 aliphatic rings. The van der Waals surface area contributed by atoms with Gasteiger partial charge in [0, 0.05) is 36.1 Å². The van der Waals surface area contributed by atoms with Crippen LogP contribution in [0.15, 0.2) is 48.9 Å². The Balaban J connectivity index is 1.49. The molecule has 7 heteroatoms. The molecule has 3 aromatic heterocycles. The van der Waals surface area contributed by atoms with E-state index in [0.717, 1.165) is 40.6 Å². The molecule has 0 aliphatic heterocycles. The molecule has 1 aromatic carbocycles. The van der Waals surface area contributed by atoms with Crippen LogP contribution in [-0.4, -0.2) is 30.9 Å². The number of H-pyrrole nitrogens is 1. The molecule has 1 aliphatic carbocycles. The lowest BCUT2D eigenvalue weighted by atomic mass is 10.1. The van der Waals surface area contributed by atoms with Crippen molar-refractivity contribution in [2.75, 3.05) is 5.32 Å². The monoisotopic (exact) mass is 358 g/mol. The van der Waals surface area contributed by atoms with Crippen LogP contribution in [0.3, 0.4) is 0 Å². The smallest absolute Gasteiger partial charge is 0.274 e. The molecule has 7 nitrogen and oxygen atoms in total. The van der Waals surface area contributed by atoms with Crippen LogP contribution >= 0.6 is 0 Å². The average molecular weight is 358 g/mol. The average Bonchev–Trinajstić information content (AvgIpc) is 3.23. The van der Waals surface area contributed by atoms with Crippen LogP contribution in [0.25, 0.3) is 22.2 Å². The van der Waals surface area contributed by atoms with Gasteiger partial charge in [0.25, 0.3) is 5.91 Å². The Morgan fingerprint density at radius 3 is 2.96 bits per heavy atom. The highest BCUT2D eigenvalue weighted by atomic mass is 16.1. The molecule has 0 unspecified atom stereocenters. The van der Waals surface area contributed by atoms with E-state index < -0.39 is 0 Å². The molecule has 0 saturated heterocycles. The van der Waals surface area contributed by atoms with Gasteiger partial charge < -0.3 is 5.32 Å². The second-order valence-electron chi connectivity index (χ2n) is 6.92. The third kappa shape index (κ3) is 2.97. The molecule has 0 radical (unpaired) electrons. The topological polar surface area (TPSA) is 88.5 Å². The summed E-state index contributed by atoms with van der Waals surface area (Å²) in [4.78, 5) is 17.3. The predicted molar refractivity (Wildman–Crippen MR) is 102 cm³/mol. The van der Waals surface area contributed by atoms with Crippen molar-refractivity contribution in [2.24, 2.45) is 7.05 Å². The summed E-state index contributed by atoms with van der Waals surface area (Å²) in [6.07, 6.45) is 7.70. The summed E-state index contributed by atoms with van der Waals surface area (Å²) in [7, 11) is 1.90. The number of rotatable bonds is 4. The number of aromatic nitrogens is 5. The first-order valence-electron chi connectivity index (χ1n) is 8.92. The second-order valence-corrected chi connectivity index (χ2v) is 6.92. The number of aromatic amines is 1. The molecule has 0 spiro atoms. The van der Waals surface area contributed by atoms with Crippen molar-refractivity contribution in [3.8, 4) is 11.3 Å². The number of benzene rings is 1. The lowest BCUT2D eigenvalue weighted by Crippen LogP contribution is -2.15. The fraction of sp³-hybridized carbons (Fsp3) is 0.200. The third-order valence-corrected chi connectivity index (χ3v) is 4.83. The number of anilines is 1. The first-order valence-corrected chi connectivity index (χ1v) is 8.92. The largest absolute Gasteiger partial charge is 0.320 e. The highest BCUT2D eigenvalue weighted by molar-refractivity contribution is 6.04. The van der Waals surface area contributed by atoms with Gasteiger partial charge in [-0.25, -0.2) is 4.98 Å². The molecule has 3 heterocycles. The molecular formula is C20H18N6O. The lowest BCUT2D eigenvalue weighted by Gasteiger charge is -2.11. The van der Waals surface area contributed by atoms with Crippen LogP contribution in [0.2, 0.25) is 0 Å². The van der Waals surface area contributed by atoms with E-state index in [2.05, 4.69) is 31.7 Å². The minimum absolute atomic E-state index is 0.217. The summed E-state index contributed by atoms with van der Waals surface area (Å²) >= 11 is 0. The van der Waals surface area contributed by atoms with Gasteiger partial charge >= 0.3 is 0 Å². The normalized spacial score (nSPS) is 13.8. The van der Waals surface area contributed by atoms with Gasteiger partial charge in [-0.1, -0.05) is 6.07 Å². The molecule has 1 amide bonds. The summed E-state index contributed by atoms with van der Waals surface area (Å²) < 4.78 is 1.79. The van der Waals surface area contributed by atoms with Crippen LogP contribution in [0.5, 0.6) is 0 Å². The van der Waals surface area contributed by atoms with E-state index in [4.69, 9.17) is 0 Å². The summed E-state index contributed by atoms with van der Waals surface area (Å²) in [5, 5.41) is 15.3. The highest BCUT2D eigenvalue weighted by Crippen LogP contribution is 2.44. The number of carbonyl (C=O) groups is 1. The van der Waals surface area contributed by atoms with Crippen LogP contribution in [-0.2, 0) is 7.05 Å². The van der Waals surface area contributed by atoms with Crippen molar-refractivity contribution in [2.45, 2.75) is 18.8 Å². The Hall–Kier alpha value is -3.48. The van der Waals surface area contributed by atoms with E-state index in [9.17, 15) is 4.79 Å². The Morgan fingerprint density at radius 1 is 1.30 bits per heavy atom. The van der Waals surface area contributed by atoms with Gasteiger partial charge in [0.05, 0.1) is 17.4 Å². The minimum Gasteiger partial charge on any atom is -0.320 e. The maximum Gasteiger partial charge on any atom is 0.274 e. The SMILES string of the molecule is Cn1cc2cc(NC(=O)c3cccc(-c4cn[nH]c4)n3)c(C3CC3)cc2n1. The molecule has 1 saturated carbocycles. The van der Waals surface area contributed by atoms with E-state index in [1.165, 1.54) is 0 Å². The number of hydrogen-bond donors (Lipinski definition) is 2. The summed E-state index contributed by atoms with van der Waals surface area (Å²) in [6.45, 7) is 0. The standard InChI is InChI=1S/C20H18N6O/c1-26-11-13-7-19(15(12-5-6-12)8-18(13)25-26)24-20(27)17-4-2-3-16(23-17)14-9-21-22-10-14/h2-4,7-12H,5-6H2,1H3,(H,21,22)(H,24,27). The minimum atomic E-state index is -0.217. The van der Waals surface area contributed by atoms with Crippen LogP contribution in [0.1, 0.15) is 34.8 Å². The zero-order chi connectivity index (χ0) is 18.4. The van der Waals surface area contributed by atoms with E-state index >= 15 is 0 Å². The van der Waals surface area contributed by atoms with Crippen LogP contribution < -0.4 is 5.32 Å². The summed E-state index contributed by atoms with van der Waals surface area (Å²) in [6, 6.07) is 9.51. The van der Waals surface area contributed by atoms with Crippen molar-refractivity contribution < 1.29 is 4.79 Å². The zero-order valence-corrected chi connectivity index (χ0v) is 14.8. The first kappa shape index (κ1) is 15.7. The van der Waals surface area contributed by atoms with Gasteiger partial charge in [-0.05, 0) is 48.6 Å². The van der Waals surface area contributed by atoms with Gasteiger partial charge in [-0.15, -0.1) is 0 Å². The molecule has 1 fully saturated rings. The Morgan fingerprint density at radius 2 is 2.19 bits per heavy atom. The van der Waals surface area contributed by atoms with Gasteiger partial charge in [-0.2, -0.15) is 10.2 Å². The quantitative estimate of drug-likeness (QED) is 0.584. The van der Waals surface area contributed by atoms with Gasteiger partial charge in [0.15, 0.2) is 0 Å². The molecular weight excluding hydrogens is 340 g/mol. The van der Waals surface area contributed by atoms with Crippen molar-refractivity contribution in [1.29, 1.82) is 0 Å². The highest BCUT2D eigenvalue weighted by Gasteiger charge is 2.27. The second kappa shape index (κ2) is 6.05. The van der Waals surface area contributed by atoms with Crippen molar-refractivity contribution in [1.82, 2.24) is 25.0 Å². The maximum atomic E-state index is 12.9. The summed E-state index contributed by atoms with van der Waals surface area (Å²) in [5.41, 5.74) is 4.89. The van der Waals surface area contributed by atoms with Crippen molar-refractivity contribution in [3.63, 3.8) is 0 Å². The Kier molecular flexibility index (Phi) is 3.53. The first-order chi connectivity index (χ1) is 13.2. The molecule has 5 rings (SSSR count). The number of aryl methyl sites for hydroxylation is 1. The van der Waals surface area contributed by atoms with E-state index in [1.54, 1.807) is 23.1 Å². The fourth-order valence-electron chi connectivity index (χ4n) is 3.35. The van der Waals surface area contributed by atoms with Crippen molar-refractivity contribution >= 4 is 22.5 Å². The maximum absolute atomic E-state index is 12.9. The van der Waals surface area contributed by atoms with Crippen LogP contribution in [0.4, 0.5) is 5.69 Å². The predicted octanol–water partition coefficient (Wildman–Crippen LogP) is 3.49. The Bertz CT molecular complexity index is 1140. The molecule has 0 atom stereocenters. The molecule has 0 bridgehead atoms. The zero-order valence-electron chi connectivity index (χ0n) is 14.8. The molecule has 2 N–H and O–H groups in total. The third-order valence-electron chi connectivity index (χ3n) is 4.83. The molecule has 134 valence electrons. The number of carbonyl (C=O) groups excluding carboxylic acids is 1. The Labute approximate surface area is 155 Å².